The van der Waals surface area contributed by atoms with Gasteiger partial charge in [-0.2, -0.15) is 5.26 Å². The Morgan fingerprint density at radius 1 is 1.48 bits per heavy atom. The monoisotopic (exact) mass is 300 g/mol. The molecule has 0 aliphatic carbocycles. The smallest absolute Gasteiger partial charge is 0.195 e. The number of piperidine rings is 1. The molecule has 0 spiro atoms. The van der Waals surface area contributed by atoms with Gasteiger partial charge in [-0.3, -0.25) is 0 Å². The SMILES string of the molecule is CN1CCC(Nc2ccc3sc(C#N)nc3c2)C(C)(C)C1. The summed E-state index contributed by atoms with van der Waals surface area (Å²) >= 11 is 1.45. The third kappa shape index (κ3) is 2.87. The molecule has 1 saturated heterocycles. The molecule has 0 amide bonds. The van der Waals surface area contributed by atoms with Crippen molar-refractivity contribution in [2.75, 3.05) is 25.5 Å². The summed E-state index contributed by atoms with van der Waals surface area (Å²) in [5, 5.41) is 13.1. The zero-order valence-corrected chi connectivity index (χ0v) is 13.5. The van der Waals surface area contributed by atoms with Crippen molar-refractivity contribution in [3.8, 4) is 6.07 Å². The van der Waals surface area contributed by atoms with Crippen LogP contribution in [0.3, 0.4) is 0 Å². The van der Waals surface area contributed by atoms with Crippen LogP contribution in [0, 0.1) is 16.7 Å². The number of anilines is 1. The highest BCUT2D eigenvalue weighted by atomic mass is 32.1. The Balaban J connectivity index is 1.83. The van der Waals surface area contributed by atoms with Gasteiger partial charge >= 0.3 is 0 Å². The first-order valence-electron chi connectivity index (χ1n) is 7.24. The van der Waals surface area contributed by atoms with Crippen LogP contribution < -0.4 is 5.32 Å². The Bertz CT molecular complexity index is 698. The van der Waals surface area contributed by atoms with E-state index >= 15 is 0 Å². The van der Waals surface area contributed by atoms with Gasteiger partial charge in [-0.15, -0.1) is 11.3 Å². The van der Waals surface area contributed by atoms with Gasteiger partial charge in [0.1, 0.15) is 6.07 Å². The molecule has 4 nitrogen and oxygen atoms in total. The van der Waals surface area contributed by atoms with E-state index in [9.17, 15) is 0 Å². The van der Waals surface area contributed by atoms with Crippen molar-refractivity contribution in [2.45, 2.75) is 26.3 Å². The molecule has 110 valence electrons. The summed E-state index contributed by atoms with van der Waals surface area (Å²) in [7, 11) is 2.18. The first kappa shape index (κ1) is 14.3. The molecule has 5 heteroatoms. The van der Waals surface area contributed by atoms with Gasteiger partial charge in [0.05, 0.1) is 10.2 Å². The van der Waals surface area contributed by atoms with Crippen LogP contribution in [0.25, 0.3) is 10.2 Å². The Morgan fingerprint density at radius 3 is 3.00 bits per heavy atom. The number of nitrogens with zero attached hydrogens (tertiary/aromatic N) is 3. The lowest BCUT2D eigenvalue weighted by Gasteiger charge is -2.43. The predicted octanol–water partition coefficient (Wildman–Crippen LogP) is 3.31. The minimum Gasteiger partial charge on any atom is -0.382 e. The maximum absolute atomic E-state index is 8.94. The van der Waals surface area contributed by atoms with Crippen LogP contribution in [-0.2, 0) is 0 Å². The van der Waals surface area contributed by atoms with Crippen LogP contribution in [0.4, 0.5) is 5.69 Å². The number of likely N-dealkylation sites (tertiary alicyclic amines) is 1. The summed E-state index contributed by atoms with van der Waals surface area (Å²) in [4.78, 5) is 6.73. The van der Waals surface area contributed by atoms with Gasteiger partial charge in [0.2, 0.25) is 0 Å². The van der Waals surface area contributed by atoms with Gasteiger partial charge in [-0.1, -0.05) is 13.8 Å². The van der Waals surface area contributed by atoms with Crippen molar-refractivity contribution >= 4 is 27.2 Å². The van der Waals surface area contributed by atoms with Crippen LogP contribution in [0.15, 0.2) is 18.2 Å². The molecular formula is C16H20N4S. The van der Waals surface area contributed by atoms with E-state index in [1.54, 1.807) is 0 Å². The molecule has 0 bridgehead atoms. The van der Waals surface area contributed by atoms with E-state index in [-0.39, 0.29) is 5.41 Å². The first-order valence-corrected chi connectivity index (χ1v) is 8.05. The van der Waals surface area contributed by atoms with E-state index < -0.39 is 0 Å². The molecule has 21 heavy (non-hydrogen) atoms. The topological polar surface area (TPSA) is 52.0 Å². The predicted molar refractivity (Wildman–Crippen MR) is 87.6 cm³/mol. The fourth-order valence-electron chi connectivity index (χ4n) is 3.16. The molecule has 1 aliphatic heterocycles. The molecule has 2 heterocycles. The normalized spacial score (nSPS) is 22.1. The van der Waals surface area contributed by atoms with Gasteiger partial charge in [0.25, 0.3) is 0 Å². The van der Waals surface area contributed by atoms with Crippen molar-refractivity contribution in [3.63, 3.8) is 0 Å². The number of nitriles is 1. The van der Waals surface area contributed by atoms with Crippen molar-refractivity contribution in [1.29, 1.82) is 5.26 Å². The van der Waals surface area contributed by atoms with Crippen LogP contribution in [0.2, 0.25) is 0 Å². The van der Waals surface area contributed by atoms with E-state index in [0.29, 0.717) is 11.0 Å². The second-order valence-electron chi connectivity index (χ2n) is 6.53. The van der Waals surface area contributed by atoms with Crippen LogP contribution in [0.5, 0.6) is 0 Å². The van der Waals surface area contributed by atoms with Gasteiger partial charge in [0.15, 0.2) is 5.01 Å². The zero-order chi connectivity index (χ0) is 15.0. The Labute approximate surface area is 129 Å². The number of nitrogens with one attached hydrogen (secondary N) is 1. The summed E-state index contributed by atoms with van der Waals surface area (Å²) in [5.41, 5.74) is 2.24. The van der Waals surface area contributed by atoms with Gasteiger partial charge in [-0.05, 0) is 43.6 Å². The van der Waals surface area contributed by atoms with Crippen molar-refractivity contribution in [3.05, 3.63) is 23.2 Å². The quantitative estimate of drug-likeness (QED) is 0.924. The van der Waals surface area contributed by atoms with E-state index in [4.69, 9.17) is 5.26 Å². The lowest BCUT2D eigenvalue weighted by molar-refractivity contribution is 0.127. The molecule has 1 unspecified atom stereocenters. The van der Waals surface area contributed by atoms with Gasteiger partial charge < -0.3 is 10.2 Å². The van der Waals surface area contributed by atoms with Crippen LogP contribution in [0.1, 0.15) is 25.3 Å². The van der Waals surface area contributed by atoms with Crippen LogP contribution >= 0.6 is 11.3 Å². The Morgan fingerprint density at radius 2 is 2.29 bits per heavy atom. The fourth-order valence-corrected chi connectivity index (χ4v) is 3.90. The standard InChI is InChI=1S/C16H20N4S/c1-16(2)10-20(3)7-6-14(16)18-11-4-5-13-12(8-11)19-15(9-17)21-13/h4-5,8,14,18H,6-7,10H2,1-3H3. The first-order chi connectivity index (χ1) is 9.98. The molecule has 1 aliphatic rings. The summed E-state index contributed by atoms with van der Waals surface area (Å²) in [5.74, 6) is 0. The second-order valence-corrected chi connectivity index (χ2v) is 7.56. The number of aromatic nitrogens is 1. The molecule has 1 aromatic carbocycles. The number of rotatable bonds is 2. The number of benzene rings is 1. The third-order valence-corrected chi connectivity index (χ3v) is 5.19. The third-order valence-electron chi connectivity index (χ3n) is 4.24. The molecule has 1 fully saturated rings. The van der Waals surface area contributed by atoms with Crippen molar-refractivity contribution in [1.82, 2.24) is 9.88 Å². The molecule has 3 rings (SSSR count). The summed E-state index contributed by atoms with van der Waals surface area (Å²) < 4.78 is 1.07. The number of hydrogen-bond donors (Lipinski definition) is 1. The molecular weight excluding hydrogens is 280 g/mol. The average Bonchev–Trinajstić information content (AvgIpc) is 2.83. The van der Waals surface area contributed by atoms with E-state index in [0.717, 1.165) is 35.4 Å². The molecule has 1 N–H and O–H groups in total. The fraction of sp³-hybridized carbons (Fsp3) is 0.500. The number of thiazole rings is 1. The molecule has 2 aromatic rings. The summed E-state index contributed by atoms with van der Waals surface area (Å²) in [6.07, 6.45) is 1.14. The maximum atomic E-state index is 8.94. The molecule has 1 aromatic heterocycles. The van der Waals surface area contributed by atoms with E-state index in [1.807, 2.05) is 0 Å². The van der Waals surface area contributed by atoms with Crippen LogP contribution in [-0.4, -0.2) is 36.1 Å². The summed E-state index contributed by atoms with van der Waals surface area (Å²) in [6.45, 7) is 6.85. The number of hydrogen-bond acceptors (Lipinski definition) is 5. The van der Waals surface area contributed by atoms with Gasteiger partial charge in [0, 0.05) is 18.3 Å². The second kappa shape index (κ2) is 5.28. The molecule has 1 atom stereocenters. The molecule has 0 saturated carbocycles. The highest BCUT2D eigenvalue weighted by Crippen LogP contribution is 2.32. The highest BCUT2D eigenvalue weighted by molar-refractivity contribution is 7.19. The van der Waals surface area contributed by atoms with Crippen molar-refractivity contribution in [2.24, 2.45) is 5.41 Å². The highest BCUT2D eigenvalue weighted by Gasteiger charge is 2.34. The number of fused-ring (bicyclic) bond motifs is 1. The average molecular weight is 300 g/mol. The van der Waals surface area contributed by atoms with Gasteiger partial charge in [-0.25, -0.2) is 4.98 Å². The van der Waals surface area contributed by atoms with E-state index in [2.05, 4.69) is 60.4 Å². The Kier molecular flexibility index (Phi) is 3.60. The van der Waals surface area contributed by atoms with Crippen molar-refractivity contribution < 1.29 is 0 Å². The summed E-state index contributed by atoms with van der Waals surface area (Å²) in [6, 6.07) is 8.78. The lowest BCUT2D eigenvalue weighted by atomic mass is 9.79. The minimum absolute atomic E-state index is 0.238. The Hall–Kier alpha value is -1.64. The zero-order valence-electron chi connectivity index (χ0n) is 12.7. The largest absolute Gasteiger partial charge is 0.382 e. The maximum Gasteiger partial charge on any atom is 0.195 e. The van der Waals surface area contributed by atoms with E-state index in [1.165, 1.54) is 11.3 Å². The lowest BCUT2D eigenvalue weighted by Crippen LogP contribution is -2.50. The molecule has 0 radical (unpaired) electrons. The minimum atomic E-state index is 0.238.